The van der Waals surface area contributed by atoms with Gasteiger partial charge < -0.3 is 14.4 Å². The van der Waals surface area contributed by atoms with Crippen molar-refractivity contribution >= 4 is 5.91 Å². The molecule has 3 heterocycles. The number of aromatic nitrogens is 1. The van der Waals surface area contributed by atoms with E-state index in [0.29, 0.717) is 24.6 Å². The number of carbonyl (C=O) groups is 1. The third-order valence-corrected chi connectivity index (χ3v) is 5.59. The zero-order valence-electron chi connectivity index (χ0n) is 14.4. The molecular formula is C19H26N2O3. The fourth-order valence-electron chi connectivity index (χ4n) is 3.90. The average Bonchev–Trinajstić information content (AvgIpc) is 3.27. The smallest absolute Gasteiger partial charge is 0.255 e. The van der Waals surface area contributed by atoms with Gasteiger partial charge in [0.25, 0.3) is 5.91 Å². The van der Waals surface area contributed by atoms with E-state index in [2.05, 4.69) is 4.98 Å². The minimum Gasteiger partial charge on any atom is -0.381 e. The van der Waals surface area contributed by atoms with Crippen molar-refractivity contribution in [3.8, 4) is 0 Å². The molecule has 1 amide bonds. The molecule has 2 aliphatic heterocycles. The van der Waals surface area contributed by atoms with E-state index in [4.69, 9.17) is 9.47 Å². The van der Waals surface area contributed by atoms with Crippen LogP contribution in [0.15, 0.2) is 18.5 Å². The summed E-state index contributed by atoms with van der Waals surface area (Å²) < 4.78 is 11.8. The van der Waals surface area contributed by atoms with Gasteiger partial charge in [0.1, 0.15) is 5.60 Å². The zero-order chi connectivity index (χ0) is 16.6. The Balaban J connectivity index is 1.29. The van der Waals surface area contributed by atoms with E-state index in [9.17, 15) is 4.79 Å². The highest BCUT2D eigenvalue weighted by molar-refractivity contribution is 5.94. The second-order valence-corrected chi connectivity index (χ2v) is 7.62. The first-order valence-corrected chi connectivity index (χ1v) is 9.09. The van der Waals surface area contributed by atoms with Gasteiger partial charge in [-0.1, -0.05) is 0 Å². The molecule has 1 atom stereocenters. The quantitative estimate of drug-likeness (QED) is 0.752. The molecule has 0 N–H and O–H groups in total. The number of pyridine rings is 1. The van der Waals surface area contributed by atoms with Crippen LogP contribution in [0.2, 0.25) is 0 Å². The van der Waals surface area contributed by atoms with Gasteiger partial charge in [-0.25, -0.2) is 0 Å². The van der Waals surface area contributed by atoms with Gasteiger partial charge in [0.05, 0.1) is 18.7 Å². The Kier molecular flexibility index (Phi) is 4.31. The highest BCUT2D eigenvalue weighted by Crippen LogP contribution is 2.42. The van der Waals surface area contributed by atoms with Crippen molar-refractivity contribution in [2.45, 2.75) is 38.2 Å². The fourth-order valence-corrected chi connectivity index (χ4v) is 3.90. The summed E-state index contributed by atoms with van der Waals surface area (Å²) in [6.07, 6.45) is 8.22. The summed E-state index contributed by atoms with van der Waals surface area (Å²) in [5.74, 6) is 1.39. The van der Waals surface area contributed by atoms with Gasteiger partial charge in [0, 0.05) is 32.2 Å². The summed E-state index contributed by atoms with van der Waals surface area (Å²) in [6.45, 7) is 5.91. The Hall–Kier alpha value is -1.46. The van der Waals surface area contributed by atoms with Crippen molar-refractivity contribution in [1.29, 1.82) is 0 Å². The topological polar surface area (TPSA) is 51.7 Å². The van der Waals surface area contributed by atoms with E-state index in [1.807, 2.05) is 17.9 Å². The minimum atomic E-state index is -0.129. The predicted octanol–water partition coefficient (Wildman–Crippen LogP) is 2.44. The van der Waals surface area contributed by atoms with Crippen LogP contribution in [0.5, 0.6) is 0 Å². The van der Waals surface area contributed by atoms with Crippen molar-refractivity contribution in [1.82, 2.24) is 9.88 Å². The van der Waals surface area contributed by atoms with Crippen molar-refractivity contribution < 1.29 is 14.3 Å². The van der Waals surface area contributed by atoms with Crippen molar-refractivity contribution in [2.75, 3.05) is 32.9 Å². The van der Waals surface area contributed by atoms with E-state index in [-0.39, 0.29) is 11.5 Å². The lowest BCUT2D eigenvalue weighted by molar-refractivity contribution is -0.120. The Morgan fingerprint density at radius 1 is 1.38 bits per heavy atom. The predicted molar refractivity (Wildman–Crippen MR) is 89.8 cm³/mol. The molecule has 5 heteroatoms. The van der Waals surface area contributed by atoms with E-state index >= 15 is 0 Å². The van der Waals surface area contributed by atoms with Crippen molar-refractivity contribution in [3.05, 3.63) is 29.6 Å². The van der Waals surface area contributed by atoms with E-state index < -0.39 is 0 Å². The molecule has 4 rings (SSSR count). The lowest BCUT2D eigenvalue weighted by Crippen LogP contribution is -2.66. The normalized spacial score (nSPS) is 25.0. The second-order valence-electron chi connectivity index (χ2n) is 7.62. The van der Waals surface area contributed by atoms with Crippen LogP contribution in [-0.4, -0.2) is 54.3 Å². The maximum Gasteiger partial charge on any atom is 0.255 e. The fraction of sp³-hybridized carbons (Fsp3) is 0.684. The summed E-state index contributed by atoms with van der Waals surface area (Å²) in [7, 11) is 0. The lowest BCUT2D eigenvalue weighted by atomic mass is 9.79. The minimum absolute atomic E-state index is 0.0658. The van der Waals surface area contributed by atoms with E-state index in [0.717, 1.165) is 44.1 Å². The number of ether oxygens (including phenoxy) is 2. The second kappa shape index (κ2) is 6.45. The SMILES string of the molecule is Cc1cncc(C(=O)N2CC3(C2)OCC[C@H]3CCOCC2CC2)c1. The molecular weight excluding hydrogens is 304 g/mol. The monoisotopic (exact) mass is 330 g/mol. The number of nitrogens with zero attached hydrogens (tertiary/aromatic N) is 2. The molecule has 1 aliphatic carbocycles. The molecule has 1 aromatic rings. The Morgan fingerprint density at radius 3 is 2.96 bits per heavy atom. The standard InChI is InChI=1S/C19H26N2O3/c1-14-8-16(10-20-9-14)18(22)21-12-19(13-21)17(5-7-24-19)4-6-23-11-15-2-3-15/h8-10,15,17H,2-7,11-13H2,1H3/t17-/m1/s1. The number of aryl methyl sites for hydroxylation is 1. The summed E-state index contributed by atoms with van der Waals surface area (Å²) in [5, 5.41) is 0. The van der Waals surface area contributed by atoms with Crippen LogP contribution in [0.1, 0.15) is 41.6 Å². The van der Waals surface area contributed by atoms with Crippen LogP contribution in [0.25, 0.3) is 0 Å². The molecule has 3 fully saturated rings. The van der Waals surface area contributed by atoms with Crippen LogP contribution in [0.3, 0.4) is 0 Å². The molecule has 24 heavy (non-hydrogen) atoms. The molecule has 1 aromatic heterocycles. The van der Waals surface area contributed by atoms with Crippen LogP contribution in [0.4, 0.5) is 0 Å². The molecule has 3 aliphatic rings. The van der Waals surface area contributed by atoms with Gasteiger partial charge in [-0.15, -0.1) is 0 Å². The molecule has 5 nitrogen and oxygen atoms in total. The summed E-state index contributed by atoms with van der Waals surface area (Å²) in [5.41, 5.74) is 1.56. The highest BCUT2D eigenvalue weighted by Gasteiger charge is 2.54. The molecule has 1 spiro atoms. The lowest BCUT2D eigenvalue weighted by Gasteiger charge is -2.50. The first-order valence-electron chi connectivity index (χ1n) is 9.09. The largest absolute Gasteiger partial charge is 0.381 e. The maximum atomic E-state index is 12.6. The van der Waals surface area contributed by atoms with Crippen molar-refractivity contribution in [2.24, 2.45) is 11.8 Å². The van der Waals surface area contributed by atoms with Crippen LogP contribution >= 0.6 is 0 Å². The number of rotatable bonds is 6. The van der Waals surface area contributed by atoms with E-state index in [1.54, 1.807) is 12.4 Å². The molecule has 130 valence electrons. The van der Waals surface area contributed by atoms with Gasteiger partial charge in [0.2, 0.25) is 0 Å². The van der Waals surface area contributed by atoms with Crippen LogP contribution in [0, 0.1) is 18.8 Å². The van der Waals surface area contributed by atoms with Gasteiger partial charge in [-0.05, 0) is 56.1 Å². The van der Waals surface area contributed by atoms with Crippen LogP contribution in [-0.2, 0) is 9.47 Å². The first kappa shape index (κ1) is 16.0. The highest BCUT2D eigenvalue weighted by atomic mass is 16.5. The Morgan fingerprint density at radius 2 is 2.21 bits per heavy atom. The van der Waals surface area contributed by atoms with Gasteiger partial charge in [-0.2, -0.15) is 0 Å². The molecule has 2 saturated heterocycles. The molecule has 1 saturated carbocycles. The van der Waals surface area contributed by atoms with Gasteiger partial charge in [-0.3, -0.25) is 9.78 Å². The third-order valence-electron chi connectivity index (χ3n) is 5.59. The number of likely N-dealkylation sites (tertiary alicyclic amines) is 1. The molecule has 0 bridgehead atoms. The van der Waals surface area contributed by atoms with Gasteiger partial charge >= 0.3 is 0 Å². The zero-order valence-corrected chi connectivity index (χ0v) is 14.4. The number of amides is 1. The van der Waals surface area contributed by atoms with Crippen LogP contribution < -0.4 is 0 Å². The summed E-state index contributed by atoms with van der Waals surface area (Å²) in [4.78, 5) is 18.6. The summed E-state index contributed by atoms with van der Waals surface area (Å²) >= 11 is 0. The Labute approximate surface area is 143 Å². The number of hydrogen-bond donors (Lipinski definition) is 0. The van der Waals surface area contributed by atoms with Crippen molar-refractivity contribution in [3.63, 3.8) is 0 Å². The van der Waals surface area contributed by atoms with Gasteiger partial charge in [0.15, 0.2) is 0 Å². The third kappa shape index (κ3) is 3.20. The maximum absolute atomic E-state index is 12.6. The Bertz CT molecular complexity index is 608. The number of hydrogen-bond acceptors (Lipinski definition) is 4. The molecule has 0 unspecified atom stereocenters. The van der Waals surface area contributed by atoms with E-state index in [1.165, 1.54) is 12.8 Å². The number of carbonyl (C=O) groups excluding carboxylic acids is 1. The first-order chi connectivity index (χ1) is 11.7. The molecule has 0 aromatic carbocycles. The summed E-state index contributed by atoms with van der Waals surface area (Å²) in [6, 6.07) is 1.90. The molecule has 0 radical (unpaired) electrons. The average molecular weight is 330 g/mol.